The van der Waals surface area contributed by atoms with E-state index in [1.807, 2.05) is 0 Å². The lowest BCUT2D eigenvalue weighted by atomic mass is 9.93. The molecule has 1 fully saturated rings. The lowest BCUT2D eigenvalue weighted by Crippen LogP contribution is -2.27. The summed E-state index contributed by atoms with van der Waals surface area (Å²) in [5.74, 6) is -0.626. The molecule has 1 heterocycles. The Kier molecular flexibility index (Phi) is 5.20. The largest absolute Gasteiger partial charge is 0.441 e. The average molecular weight is 340 g/mol. The Morgan fingerprint density at radius 3 is 2.76 bits per heavy atom. The van der Waals surface area contributed by atoms with Gasteiger partial charge in [-0.3, -0.25) is 4.79 Å². The minimum Gasteiger partial charge on any atom is -0.382 e. The SMILES string of the molecule is Nc1nc(NC2CCC2)sc1C(=O)NCCSC(F)(F)F. The molecule has 1 amide bonds. The van der Waals surface area contributed by atoms with Crippen molar-refractivity contribution in [2.75, 3.05) is 23.3 Å². The summed E-state index contributed by atoms with van der Waals surface area (Å²) in [4.78, 5) is 16.1. The predicted octanol–water partition coefficient (Wildman–Crippen LogP) is 2.67. The number of carbonyl (C=O) groups excluding carboxylic acids is 1. The van der Waals surface area contributed by atoms with Gasteiger partial charge in [0, 0.05) is 18.3 Å². The van der Waals surface area contributed by atoms with Gasteiger partial charge in [0.1, 0.15) is 10.7 Å². The average Bonchev–Trinajstić information content (AvgIpc) is 2.69. The summed E-state index contributed by atoms with van der Waals surface area (Å²) in [5.41, 5.74) is 1.38. The number of hydrogen-bond acceptors (Lipinski definition) is 6. The monoisotopic (exact) mass is 340 g/mol. The van der Waals surface area contributed by atoms with Gasteiger partial charge in [0.05, 0.1) is 0 Å². The molecule has 5 nitrogen and oxygen atoms in total. The van der Waals surface area contributed by atoms with Crippen LogP contribution >= 0.6 is 23.1 Å². The molecular formula is C11H15F3N4OS2. The number of halogens is 3. The number of amides is 1. The van der Waals surface area contributed by atoms with Crippen LogP contribution in [0.15, 0.2) is 0 Å². The number of alkyl halides is 3. The maximum absolute atomic E-state index is 11.9. The minimum absolute atomic E-state index is 0.0776. The van der Waals surface area contributed by atoms with Crippen LogP contribution in [0.2, 0.25) is 0 Å². The summed E-state index contributed by atoms with van der Waals surface area (Å²) >= 11 is 0.949. The Morgan fingerprint density at radius 2 is 2.19 bits per heavy atom. The fraction of sp³-hybridized carbons (Fsp3) is 0.636. The van der Waals surface area contributed by atoms with Gasteiger partial charge in [-0.15, -0.1) is 0 Å². The van der Waals surface area contributed by atoms with E-state index in [0.29, 0.717) is 11.2 Å². The quantitative estimate of drug-likeness (QED) is 0.694. The van der Waals surface area contributed by atoms with Crippen LogP contribution in [0.1, 0.15) is 28.9 Å². The van der Waals surface area contributed by atoms with Crippen LogP contribution in [-0.4, -0.2) is 34.7 Å². The summed E-state index contributed by atoms with van der Waals surface area (Å²) in [6.07, 6.45) is 3.30. The summed E-state index contributed by atoms with van der Waals surface area (Å²) in [7, 11) is 0. The van der Waals surface area contributed by atoms with E-state index in [0.717, 1.165) is 24.2 Å². The molecule has 0 bridgehead atoms. The molecule has 0 aliphatic heterocycles. The molecule has 10 heteroatoms. The fourth-order valence-corrected chi connectivity index (χ4v) is 3.01. The van der Waals surface area contributed by atoms with E-state index < -0.39 is 11.4 Å². The maximum Gasteiger partial charge on any atom is 0.441 e. The van der Waals surface area contributed by atoms with Gasteiger partial charge in [-0.05, 0) is 31.0 Å². The molecule has 0 radical (unpaired) electrons. The molecule has 1 aromatic rings. The zero-order chi connectivity index (χ0) is 15.5. The Balaban J connectivity index is 1.81. The van der Waals surface area contributed by atoms with Crippen molar-refractivity contribution in [3.05, 3.63) is 4.88 Å². The Hall–Kier alpha value is -1.16. The van der Waals surface area contributed by atoms with E-state index >= 15 is 0 Å². The van der Waals surface area contributed by atoms with E-state index in [-0.39, 0.29) is 34.8 Å². The van der Waals surface area contributed by atoms with Gasteiger partial charge in [-0.1, -0.05) is 11.3 Å². The summed E-state index contributed by atoms with van der Waals surface area (Å²) in [6, 6.07) is 0.370. The van der Waals surface area contributed by atoms with E-state index in [1.54, 1.807) is 0 Å². The van der Waals surface area contributed by atoms with Crippen LogP contribution in [0.25, 0.3) is 0 Å². The van der Waals surface area contributed by atoms with Crippen molar-refractivity contribution >= 4 is 40.0 Å². The summed E-state index contributed by atoms with van der Waals surface area (Å²) < 4.78 is 35.8. The number of anilines is 2. The Morgan fingerprint density at radius 1 is 1.48 bits per heavy atom. The first-order valence-electron chi connectivity index (χ1n) is 6.37. The van der Waals surface area contributed by atoms with Crippen LogP contribution in [0, 0.1) is 0 Å². The van der Waals surface area contributed by atoms with Gasteiger partial charge in [-0.25, -0.2) is 4.98 Å². The molecule has 1 saturated carbocycles. The van der Waals surface area contributed by atoms with Crippen molar-refractivity contribution in [1.82, 2.24) is 10.3 Å². The third-order valence-corrected chi connectivity index (χ3v) is 4.68. The number of nitrogen functional groups attached to an aromatic ring is 1. The first-order chi connectivity index (χ1) is 9.85. The van der Waals surface area contributed by atoms with Gasteiger partial charge in [0.2, 0.25) is 0 Å². The van der Waals surface area contributed by atoms with E-state index in [4.69, 9.17) is 5.73 Å². The first kappa shape index (κ1) is 16.2. The maximum atomic E-state index is 11.9. The topological polar surface area (TPSA) is 80.0 Å². The van der Waals surface area contributed by atoms with Crippen molar-refractivity contribution in [1.29, 1.82) is 0 Å². The zero-order valence-electron chi connectivity index (χ0n) is 11.0. The fourth-order valence-electron chi connectivity index (χ4n) is 1.70. The molecule has 0 unspecified atom stereocenters. The van der Waals surface area contributed by atoms with Crippen LogP contribution in [-0.2, 0) is 0 Å². The molecule has 2 rings (SSSR count). The zero-order valence-corrected chi connectivity index (χ0v) is 12.6. The molecule has 1 aliphatic carbocycles. The second kappa shape index (κ2) is 6.73. The number of aromatic nitrogens is 1. The highest BCUT2D eigenvalue weighted by molar-refractivity contribution is 8.00. The molecule has 0 spiro atoms. The number of thioether (sulfide) groups is 1. The highest BCUT2D eigenvalue weighted by atomic mass is 32.2. The second-order valence-corrected chi connectivity index (χ2v) is 6.71. The van der Waals surface area contributed by atoms with Gasteiger partial charge in [-0.2, -0.15) is 13.2 Å². The molecule has 21 heavy (non-hydrogen) atoms. The second-order valence-electron chi connectivity index (χ2n) is 4.56. The minimum atomic E-state index is -4.28. The number of nitrogens with two attached hydrogens (primary N) is 1. The molecule has 1 aliphatic rings. The molecule has 118 valence electrons. The standard InChI is InChI=1S/C11H15F3N4OS2/c12-11(13,14)20-5-4-16-9(19)7-8(15)18-10(21-7)17-6-2-1-3-6/h6H,1-5,15H2,(H,16,19)(H,17,18). The number of nitrogens with one attached hydrogen (secondary N) is 2. The van der Waals surface area contributed by atoms with E-state index in [9.17, 15) is 18.0 Å². The lowest BCUT2D eigenvalue weighted by molar-refractivity contribution is -0.0327. The van der Waals surface area contributed by atoms with Gasteiger partial charge in [0.25, 0.3) is 5.91 Å². The highest BCUT2D eigenvalue weighted by Crippen LogP contribution is 2.30. The highest BCUT2D eigenvalue weighted by Gasteiger charge is 2.27. The third kappa shape index (κ3) is 4.95. The van der Waals surface area contributed by atoms with Crippen LogP contribution in [0.5, 0.6) is 0 Å². The summed E-state index contributed by atoms with van der Waals surface area (Å²) in [5, 5.41) is 6.16. The number of rotatable bonds is 6. The predicted molar refractivity (Wildman–Crippen MR) is 78.6 cm³/mol. The molecule has 0 aromatic carbocycles. The Bertz CT molecular complexity index is 502. The van der Waals surface area contributed by atoms with Crippen molar-refractivity contribution in [2.45, 2.75) is 30.8 Å². The molecule has 4 N–H and O–H groups in total. The van der Waals surface area contributed by atoms with Crippen molar-refractivity contribution < 1.29 is 18.0 Å². The van der Waals surface area contributed by atoms with Crippen LogP contribution in [0.4, 0.5) is 24.1 Å². The normalized spacial score (nSPS) is 15.6. The lowest BCUT2D eigenvalue weighted by Gasteiger charge is -2.25. The summed E-state index contributed by atoms with van der Waals surface area (Å²) in [6.45, 7) is -0.0776. The van der Waals surface area contributed by atoms with Gasteiger partial charge in [0.15, 0.2) is 5.13 Å². The van der Waals surface area contributed by atoms with E-state index in [1.165, 1.54) is 6.42 Å². The van der Waals surface area contributed by atoms with Gasteiger partial charge >= 0.3 is 5.51 Å². The van der Waals surface area contributed by atoms with Crippen LogP contribution < -0.4 is 16.4 Å². The Labute approximate surface area is 127 Å². The molecule has 0 atom stereocenters. The smallest absolute Gasteiger partial charge is 0.382 e. The van der Waals surface area contributed by atoms with Crippen molar-refractivity contribution in [3.8, 4) is 0 Å². The molecule has 0 saturated heterocycles. The van der Waals surface area contributed by atoms with Crippen LogP contribution in [0.3, 0.4) is 0 Å². The molecule has 1 aromatic heterocycles. The number of carbonyl (C=O) groups is 1. The van der Waals surface area contributed by atoms with Crippen molar-refractivity contribution in [3.63, 3.8) is 0 Å². The van der Waals surface area contributed by atoms with E-state index in [2.05, 4.69) is 15.6 Å². The molecular weight excluding hydrogens is 325 g/mol. The first-order valence-corrected chi connectivity index (χ1v) is 8.17. The van der Waals surface area contributed by atoms with Crippen molar-refractivity contribution in [2.24, 2.45) is 0 Å². The number of thiazole rings is 1. The van der Waals surface area contributed by atoms with Gasteiger partial charge < -0.3 is 16.4 Å². The number of hydrogen-bond donors (Lipinski definition) is 3. The number of nitrogens with zero attached hydrogens (tertiary/aromatic N) is 1. The third-order valence-electron chi connectivity index (χ3n) is 2.95.